The minimum absolute atomic E-state index is 0.0721. The maximum Gasteiger partial charge on any atom is 0.411 e. The first-order valence-electron chi connectivity index (χ1n) is 5.48. The van der Waals surface area contributed by atoms with E-state index in [0.717, 1.165) is 12.8 Å². The van der Waals surface area contributed by atoms with Gasteiger partial charge in [0.05, 0.1) is 12.0 Å². The van der Waals surface area contributed by atoms with Crippen molar-refractivity contribution in [2.45, 2.75) is 23.8 Å². The fraction of sp³-hybridized carbons (Fsp3) is 0.364. The zero-order valence-electron chi connectivity index (χ0n) is 9.84. The van der Waals surface area contributed by atoms with Gasteiger partial charge in [0.25, 0.3) is 0 Å². The van der Waals surface area contributed by atoms with Gasteiger partial charge in [-0.1, -0.05) is 0 Å². The van der Waals surface area contributed by atoms with Crippen LogP contribution in [0.4, 0.5) is 10.5 Å². The van der Waals surface area contributed by atoms with Crippen LogP contribution in [0.2, 0.25) is 0 Å². The lowest BCUT2D eigenvalue weighted by molar-refractivity contribution is 0.187. The van der Waals surface area contributed by atoms with Crippen LogP contribution in [0.15, 0.2) is 29.2 Å². The molecule has 1 aromatic carbocycles. The third-order valence-corrected chi connectivity index (χ3v) is 4.03. The van der Waals surface area contributed by atoms with Gasteiger partial charge in [0, 0.05) is 11.7 Å². The molecule has 0 aliphatic heterocycles. The quantitative estimate of drug-likeness (QED) is 0.863. The molecule has 18 heavy (non-hydrogen) atoms. The summed E-state index contributed by atoms with van der Waals surface area (Å²) in [6, 6.07) is 5.98. The monoisotopic (exact) mass is 270 g/mol. The summed E-state index contributed by atoms with van der Waals surface area (Å²) in [7, 11) is -2.18. The molecule has 0 spiro atoms. The van der Waals surface area contributed by atoms with Crippen molar-refractivity contribution in [2.24, 2.45) is 0 Å². The van der Waals surface area contributed by atoms with Crippen LogP contribution in [0.1, 0.15) is 12.8 Å². The van der Waals surface area contributed by atoms with Crippen LogP contribution in [-0.4, -0.2) is 27.7 Å². The van der Waals surface area contributed by atoms with E-state index in [2.05, 4.69) is 14.8 Å². The molecule has 0 atom stereocenters. The number of hydrogen-bond donors (Lipinski definition) is 2. The van der Waals surface area contributed by atoms with Gasteiger partial charge in [-0.05, 0) is 37.1 Å². The molecule has 0 unspecified atom stereocenters. The predicted molar refractivity (Wildman–Crippen MR) is 65.8 cm³/mol. The molecular weight excluding hydrogens is 256 g/mol. The van der Waals surface area contributed by atoms with E-state index in [0.29, 0.717) is 5.69 Å². The zero-order chi connectivity index (χ0) is 13.2. The molecule has 1 saturated carbocycles. The highest BCUT2D eigenvalue weighted by Crippen LogP contribution is 2.22. The lowest BCUT2D eigenvalue weighted by Gasteiger charge is -2.07. The molecule has 2 rings (SSSR count). The van der Waals surface area contributed by atoms with Gasteiger partial charge < -0.3 is 4.74 Å². The van der Waals surface area contributed by atoms with Crippen LogP contribution in [0.25, 0.3) is 0 Å². The number of rotatable bonds is 4. The van der Waals surface area contributed by atoms with Crippen molar-refractivity contribution >= 4 is 21.8 Å². The minimum atomic E-state index is -3.44. The number of methoxy groups -OCH3 is 1. The summed E-state index contributed by atoms with van der Waals surface area (Å²) < 4.78 is 30.7. The second kappa shape index (κ2) is 4.95. The lowest BCUT2D eigenvalue weighted by Crippen LogP contribution is -2.25. The average molecular weight is 270 g/mol. The average Bonchev–Trinajstić information content (AvgIpc) is 3.13. The van der Waals surface area contributed by atoms with E-state index in [1.807, 2.05) is 0 Å². The van der Waals surface area contributed by atoms with Crippen LogP contribution in [-0.2, 0) is 14.8 Å². The number of carbonyl (C=O) groups is 1. The Labute approximate surface area is 105 Å². The standard InChI is InChI=1S/C11H14N2O4S/c1-17-11(14)12-8-4-6-10(7-5-8)18(15,16)13-9-2-3-9/h4-7,9,13H,2-3H2,1H3,(H,12,14). The number of sulfonamides is 1. The van der Waals surface area contributed by atoms with E-state index in [9.17, 15) is 13.2 Å². The van der Waals surface area contributed by atoms with Crippen molar-refractivity contribution in [3.63, 3.8) is 0 Å². The maximum absolute atomic E-state index is 11.8. The van der Waals surface area contributed by atoms with Crippen LogP contribution < -0.4 is 10.0 Å². The molecule has 2 N–H and O–H groups in total. The molecule has 0 bridgehead atoms. The first-order chi connectivity index (χ1) is 8.51. The molecule has 1 aliphatic rings. The first-order valence-corrected chi connectivity index (χ1v) is 6.97. The van der Waals surface area contributed by atoms with Gasteiger partial charge in [-0.3, -0.25) is 5.32 Å². The molecule has 7 heteroatoms. The summed E-state index contributed by atoms with van der Waals surface area (Å²) in [5, 5.41) is 2.45. The summed E-state index contributed by atoms with van der Waals surface area (Å²) in [5.74, 6) is 0. The molecule has 0 heterocycles. The molecule has 98 valence electrons. The van der Waals surface area contributed by atoms with Crippen LogP contribution in [0, 0.1) is 0 Å². The van der Waals surface area contributed by atoms with Gasteiger partial charge in [-0.2, -0.15) is 0 Å². The smallest absolute Gasteiger partial charge is 0.411 e. The second-order valence-corrected chi connectivity index (χ2v) is 5.75. The van der Waals surface area contributed by atoms with Crippen molar-refractivity contribution < 1.29 is 17.9 Å². The number of carbonyl (C=O) groups excluding carboxylic acids is 1. The van der Waals surface area contributed by atoms with Crippen molar-refractivity contribution in [1.29, 1.82) is 0 Å². The zero-order valence-corrected chi connectivity index (χ0v) is 10.7. The fourth-order valence-electron chi connectivity index (χ4n) is 1.37. The summed E-state index contributed by atoms with van der Waals surface area (Å²) in [6.45, 7) is 0. The van der Waals surface area contributed by atoms with Crippen molar-refractivity contribution in [3.05, 3.63) is 24.3 Å². The molecule has 1 fully saturated rings. The SMILES string of the molecule is COC(=O)Nc1ccc(S(=O)(=O)NC2CC2)cc1. The van der Waals surface area contributed by atoms with Gasteiger partial charge >= 0.3 is 6.09 Å². The Morgan fingerprint density at radius 2 is 1.89 bits per heavy atom. The molecular formula is C11H14N2O4S. The molecule has 1 amide bonds. The number of nitrogens with one attached hydrogen (secondary N) is 2. The Morgan fingerprint density at radius 1 is 1.28 bits per heavy atom. The van der Waals surface area contributed by atoms with Gasteiger partial charge in [-0.25, -0.2) is 17.9 Å². The molecule has 0 radical (unpaired) electrons. The summed E-state index contributed by atoms with van der Waals surface area (Å²) >= 11 is 0. The number of ether oxygens (including phenoxy) is 1. The highest BCUT2D eigenvalue weighted by molar-refractivity contribution is 7.89. The van der Waals surface area contributed by atoms with E-state index in [-0.39, 0.29) is 10.9 Å². The van der Waals surface area contributed by atoms with E-state index in [4.69, 9.17) is 0 Å². The van der Waals surface area contributed by atoms with Crippen molar-refractivity contribution in [1.82, 2.24) is 4.72 Å². The van der Waals surface area contributed by atoms with Crippen molar-refractivity contribution in [3.8, 4) is 0 Å². The number of hydrogen-bond acceptors (Lipinski definition) is 4. The molecule has 0 aromatic heterocycles. The van der Waals surface area contributed by atoms with E-state index >= 15 is 0 Å². The molecule has 1 aromatic rings. The number of amides is 1. The number of anilines is 1. The Balaban J connectivity index is 2.08. The highest BCUT2D eigenvalue weighted by Gasteiger charge is 2.27. The topological polar surface area (TPSA) is 84.5 Å². The summed E-state index contributed by atoms with van der Waals surface area (Å²) in [6.07, 6.45) is 1.18. The van der Waals surface area contributed by atoms with Crippen molar-refractivity contribution in [2.75, 3.05) is 12.4 Å². The van der Waals surface area contributed by atoms with Gasteiger partial charge in [0.1, 0.15) is 0 Å². The Hall–Kier alpha value is -1.60. The van der Waals surface area contributed by atoms with Gasteiger partial charge in [-0.15, -0.1) is 0 Å². The Morgan fingerprint density at radius 3 is 2.39 bits per heavy atom. The highest BCUT2D eigenvalue weighted by atomic mass is 32.2. The third-order valence-electron chi connectivity index (χ3n) is 2.50. The largest absolute Gasteiger partial charge is 0.453 e. The molecule has 0 saturated heterocycles. The predicted octanol–water partition coefficient (Wildman–Crippen LogP) is 1.31. The van der Waals surface area contributed by atoms with E-state index in [1.165, 1.54) is 31.4 Å². The molecule has 6 nitrogen and oxygen atoms in total. The fourth-order valence-corrected chi connectivity index (χ4v) is 2.68. The normalized spacial score (nSPS) is 15.2. The second-order valence-electron chi connectivity index (χ2n) is 4.04. The molecule has 1 aliphatic carbocycles. The first kappa shape index (κ1) is 12.8. The Kier molecular flexibility index (Phi) is 3.53. The van der Waals surface area contributed by atoms with Crippen LogP contribution in [0.5, 0.6) is 0 Å². The maximum atomic E-state index is 11.8. The summed E-state index contributed by atoms with van der Waals surface area (Å²) in [5.41, 5.74) is 0.479. The number of benzene rings is 1. The summed E-state index contributed by atoms with van der Waals surface area (Å²) in [4.78, 5) is 11.1. The van der Waals surface area contributed by atoms with Gasteiger partial charge in [0.15, 0.2) is 0 Å². The van der Waals surface area contributed by atoms with Crippen LogP contribution >= 0.6 is 0 Å². The Bertz CT molecular complexity index is 535. The lowest BCUT2D eigenvalue weighted by atomic mass is 10.3. The third kappa shape index (κ3) is 3.21. The van der Waals surface area contributed by atoms with E-state index in [1.54, 1.807) is 0 Å². The minimum Gasteiger partial charge on any atom is -0.453 e. The van der Waals surface area contributed by atoms with Gasteiger partial charge in [0.2, 0.25) is 10.0 Å². The van der Waals surface area contributed by atoms with Crippen LogP contribution in [0.3, 0.4) is 0 Å². The van der Waals surface area contributed by atoms with E-state index < -0.39 is 16.1 Å².